The highest BCUT2D eigenvalue weighted by molar-refractivity contribution is 6.25. The number of fused-ring (bicyclic) bond motifs is 9. The van der Waals surface area contributed by atoms with Crippen molar-refractivity contribution in [1.29, 1.82) is 0 Å². The van der Waals surface area contributed by atoms with Crippen molar-refractivity contribution in [2.45, 2.75) is 6.92 Å². The summed E-state index contributed by atoms with van der Waals surface area (Å²) in [5, 5.41) is 10.2. The van der Waals surface area contributed by atoms with Gasteiger partial charge in [0.1, 0.15) is 0 Å². The van der Waals surface area contributed by atoms with Crippen LogP contribution in [0.3, 0.4) is 0 Å². The van der Waals surface area contributed by atoms with Crippen LogP contribution < -0.4 is 0 Å². The molecule has 10 rings (SSSR count). The number of nitrogens with zero attached hydrogens (tertiary/aromatic N) is 2. The molecule has 0 aliphatic carbocycles. The van der Waals surface area contributed by atoms with Crippen LogP contribution in [0.4, 0.5) is 0 Å². The highest BCUT2D eigenvalue weighted by Gasteiger charge is 2.20. The molecular formula is C45H30N2. The Morgan fingerprint density at radius 2 is 1.04 bits per heavy atom. The normalized spacial score (nSPS) is 11.9. The third-order valence-corrected chi connectivity index (χ3v) is 10.0. The van der Waals surface area contributed by atoms with E-state index in [1.165, 1.54) is 87.5 Å². The van der Waals surface area contributed by atoms with E-state index in [1.807, 2.05) is 0 Å². The molecule has 10 aromatic rings. The Kier molecular flexibility index (Phi) is 5.53. The molecule has 0 N–H and O–H groups in total. The van der Waals surface area contributed by atoms with E-state index in [2.05, 4.69) is 180 Å². The minimum Gasteiger partial charge on any atom is -0.309 e. The summed E-state index contributed by atoms with van der Waals surface area (Å²) in [5.74, 6) is 0. The zero-order chi connectivity index (χ0) is 31.1. The fraction of sp³-hybridized carbons (Fsp3) is 0.0222. The average Bonchev–Trinajstić information content (AvgIpc) is 3.63. The van der Waals surface area contributed by atoms with Crippen molar-refractivity contribution in [2.75, 3.05) is 0 Å². The highest BCUT2D eigenvalue weighted by Crippen LogP contribution is 2.43. The molecule has 0 aliphatic rings. The summed E-state index contributed by atoms with van der Waals surface area (Å²) in [6.07, 6.45) is 0. The Hall–Kier alpha value is -6.12. The standard InChI is InChI=1S/C45H30N2/c1-29-11-10-15-33-25-35(21-22-36(29)33)47-41-23-20-32(30-12-4-2-5-13-30)26-38(41)39-27-40-44(28-43(39)47)46(34-16-6-3-7-17-34)42-24-19-31-14-8-9-18-37(31)45(40)42/h2-28H,1H3. The van der Waals surface area contributed by atoms with Gasteiger partial charge < -0.3 is 9.13 Å². The van der Waals surface area contributed by atoms with Crippen molar-refractivity contribution >= 4 is 65.2 Å². The van der Waals surface area contributed by atoms with E-state index in [0.717, 1.165) is 5.69 Å². The van der Waals surface area contributed by atoms with Crippen molar-refractivity contribution in [3.8, 4) is 22.5 Å². The minimum absolute atomic E-state index is 1.16. The van der Waals surface area contributed by atoms with Gasteiger partial charge in [-0.1, -0.05) is 109 Å². The van der Waals surface area contributed by atoms with Crippen molar-refractivity contribution in [3.05, 3.63) is 169 Å². The van der Waals surface area contributed by atoms with Crippen molar-refractivity contribution < 1.29 is 0 Å². The van der Waals surface area contributed by atoms with Crippen LogP contribution in [0.1, 0.15) is 5.56 Å². The van der Waals surface area contributed by atoms with Crippen molar-refractivity contribution in [2.24, 2.45) is 0 Å². The van der Waals surface area contributed by atoms with Gasteiger partial charge in [0.05, 0.1) is 22.1 Å². The van der Waals surface area contributed by atoms with Gasteiger partial charge >= 0.3 is 0 Å². The van der Waals surface area contributed by atoms with Crippen LogP contribution in [0.15, 0.2) is 164 Å². The molecule has 0 aliphatic heterocycles. The lowest BCUT2D eigenvalue weighted by molar-refractivity contribution is 1.17. The number of aryl methyl sites for hydroxylation is 1. The summed E-state index contributed by atoms with van der Waals surface area (Å²) in [5.41, 5.74) is 10.9. The Morgan fingerprint density at radius 3 is 1.91 bits per heavy atom. The van der Waals surface area contributed by atoms with Gasteiger partial charge in [-0.3, -0.25) is 0 Å². The first-order valence-electron chi connectivity index (χ1n) is 16.3. The van der Waals surface area contributed by atoms with Gasteiger partial charge in [0, 0.05) is 32.9 Å². The zero-order valence-electron chi connectivity index (χ0n) is 26.0. The highest BCUT2D eigenvalue weighted by atomic mass is 15.0. The molecule has 0 atom stereocenters. The molecule has 2 heterocycles. The number of hydrogen-bond donors (Lipinski definition) is 0. The fourth-order valence-corrected chi connectivity index (χ4v) is 7.81. The fourth-order valence-electron chi connectivity index (χ4n) is 7.81. The maximum absolute atomic E-state index is 2.46. The Bertz CT molecular complexity index is 2840. The second kappa shape index (κ2) is 9.94. The van der Waals surface area contributed by atoms with Crippen LogP contribution in [-0.4, -0.2) is 9.13 Å². The van der Waals surface area contributed by atoms with E-state index in [-0.39, 0.29) is 0 Å². The second-order valence-electron chi connectivity index (χ2n) is 12.7. The molecular weight excluding hydrogens is 569 g/mol. The number of aromatic nitrogens is 2. The monoisotopic (exact) mass is 598 g/mol. The van der Waals surface area contributed by atoms with Gasteiger partial charge in [0.2, 0.25) is 0 Å². The SMILES string of the molecule is Cc1cccc2cc(-n3c4ccc(-c5ccccc5)cc4c4cc5c6c7ccccc7ccc6n(-c6ccccc6)c5cc43)ccc12. The molecule has 2 nitrogen and oxygen atoms in total. The first kappa shape index (κ1) is 26.1. The van der Waals surface area contributed by atoms with E-state index < -0.39 is 0 Å². The molecule has 2 heteroatoms. The minimum atomic E-state index is 1.16. The van der Waals surface area contributed by atoms with Gasteiger partial charge in [-0.05, 0) is 99.8 Å². The predicted molar refractivity (Wildman–Crippen MR) is 200 cm³/mol. The molecule has 0 bridgehead atoms. The predicted octanol–water partition coefficient (Wildman–Crippen LogP) is 12.2. The Balaban J connectivity index is 1.39. The maximum atomic E-state index is 2.46. The lowest BCUT2D eigenvalue weighted by Gasteiger charge is -2.12. The molecule has 8 aromatic carbocycles. The molecule has 220 valence electrons. The zero-order valence-corrected chi connectivity index (χ0v) is 26.0. The quantitative estimate of drug-likeness (QED) is 0.191. The van der Waals surface area contributed by atoms with Crippen molar-refractivity contribution in [3.63, 3.8) is 0 Å². The molecule has 0 radical (unpaired) electrons. The summed E-state index contributed by atoms with van der Waals surface area (Å²) >= 11 is 0. The number of para-hydroxylation sites is 1. The van der Waals surface area contributed by atoms with Gasteiger partial charge in [-0.2, -0.15) is 0 Å². The van der Waals surface area contributed by atoms with Gasteiger partial charge in [-0.25, -0.2) is 0 Å². The molecule has 2 aromatic heterocycles. The topological polar surface area (TPSA) is 9.86 Å². The van der Waals surface area contributed by atoms with Gasteiger partial charge in [0.15, 0.2) is 0 Å². The van der Waals surface area contributed by atoms with Crippen LogP contribution in [0.25, 0.3) is 87.7 Å². The second-order valence-corrected chi connectivity index (χ2v) is 12.7. The summed E-state index contributed by atoms with van der Waals surface area (Å²) in [6, 6.07) is 60.1. The molecule has 0 amide bonds. The average molecular weight is 599 g/mol. The summed E-state index contributed by atoms with van der Waals surface area (Å²) in [4.78, 5) is 0. The number of benzene rings is 8. The summed E-state index contributed by atoms with van der Waals surface area (Å²) in [7, 11) is 0. The van der Waals surface area contributed by atoms with E-state index in [0.29, 0.717) is 0 Å². The van der Waals surface area contributed by atoms with E-state index >= 15 is 0 Å². The Morgan fingerprint density at radius 1 is 0.340 bits per heavy atom. The smallest absolute Gasteiger partial charge is 0.0562 e. The van der Waals surface area contributed by atoms with Crippen molar-refractivity contribution in [1.82, 2.24) is 9.13 Å². The van der Waals surface area contributed by atoms with E-state index in [9.17, 15) is 0 Å². The van der Waals surface area contributed by atoms with E-state index in [4.69, 9.17) is 0 Å². The third kappa shape index (κ3) is 3.85. The summed E-state index contributed by atoms with van der Waals surface area (Å²) < 4.78 is 4.91. The molecule has 0 saturated heterocycles. The molecule has 0 unspecified atom stereocenters. The largest absolute Gasteiger partial charge is 0.309 e. The molecule has 0 spiro atoms. The first-order valence-corrected chi connectivity index (χ1v) is 16.3. The summed E-state index contributed by atoms with van der Waals surface area (Å²) in [6.45, 7) is 2.19. The number of rotatable bonds is 3. The van der Waals surface area contributed by atoms with Crippen LogP contribution in [0, 0.1) is 6.92 Å². The van der Waals surface area contributed by atoms with Crippen LogP contribution >= 0.6 is 0 Å². The molecule has 47 heavy (non-hydrogen) atoms. The van der Waals surface area contributed by atoms with Gasteiger partial charge in [-0.15, -0.1) is 0 Å². The van der Waals surface area contributed by atoms with Crippen LogP contribution in [0.5, 0.6) is 0 Å². The lowest BCUT2D eigenvalue weighted by atomic mass is 10.0. The first-order chi connectivity index (χ1) is 23.2. The van der Waals surface area contributed by atoms with E-state index in [1.54, 1.807) is 0 Å². The van der Waals surface area contributed by atoms with Crippen LogP contribution in [0.2, 0.25) is 0 Å². The lowest BCUT2D eigenvalue weighted by Crippen LogP contribution is -1.96. The van der Waals surface area contributed by atoms with Crippen LogP contribution in [-0.2, 0) is 0 Å². The third-order valence-electron chi connectivity index (χ3n) is 10.0. The molecule has 0 saturated carbocycles. The van der Waals surface area contributed by atoms with Gasteiger partial charge in [0.25, 0.3) is 0 Å². The number of hydrogen-bond acceptors (Lipinski definition) is 0. The Labute approximate surface area is 272 Å². The molecule has 0 fully saturated rings. The maximum Gasteiger partial charge on any atom is 0.0562 e.